The maximum atomic E-state index is 8.87. The Bertz CT molecular complexity index is 4080. The normalized spacial score (nSPS) is 15.2. The monoisotopic (exact) mass is 1080 g/mol. The molecule has 0 unspecified atom stereocenters. The number of para-hydroxylation sites is 3. The third kappa shape index (κ3) is 10.4. The van der Waals surface area contributed by atoms with Crippen LogP contribution in [0.15, 0.2) is 219 Å². The number of rotatable bonds is 11. The summed E-state index contributed by atoms with van der Waals surface area (Å²) in [6.45, 7) is 21.2. The van der Waals surface area contributed by atoms with E-state index in [-0.39, 0.29) is 27.2 Å². The van der Waals surface area contributed by atoms with Gasteiger partial charge in [-0.1, -0.05) is 227 Å². The van der Waals surface area contributed by atoms with E-state index in [1.165, 1.54) is 44.6 Å². The van der Waals surface area contributed by atoms with Crippen LogP contribution in [0.2, 0.25) is 0 Å². The van der Waals surface area contributed by atoms with Crippen molar-refractivity contribution in [2.75, 3.05) is 21.8 Å². The van der Waals surface area contributed by atoms with Gasteiger partial charge >= 0.3 is 0 Å². The average molecular weight is 1080 g/mol. The zero-order valence-electron chi connectivity index (χ0n) is 52.2. The highest BCUT2D eigenvalue weighted by Gasteiger charge is 2.39. The summed E-state index contributed by atoms with van der Waals surface area (Å²) < 4.78 is 33.4. The van der Waals surface area contributed by atoms with Crippen molar-refractivity contribution in [3.8, 4) is 67.1 Å². The SMILES string of the molecule is [2H]C([2H])([2H])c1cc(Nc2cccc(-c3ccccc3)c2-c2ccc(Oc3cccc(N4CN(c5c(-c6ccccc6)cccc5-c5cc(C(C)(C)C)cc(C(C)(C)C)c5)c5ccccc54)c3)cc2)ncc1-c1cccc2c1C(C)(C)CCC2(C)C. The summed E-state index contributed by atoms with van der Waals surface area (Å²) in [5.41, 5.74) is 20.7. The average Bonchev–Trinajstić information content (AvgIpc) is 1.86. The first kappa shape index (κ1) is 50.3. The zero-order chi connectivity index (χ0) is 59.6. The number of benzene rings is 9. The van der Waals surface area contributed by atoms with E-state index in [0.717, 1.165) is 74.7 Å². The van der Waals surface area contributed by atoms with Crippen LogP contribution in [0, 0.1) is 6.85 Å². The van der Waals surface area contributed by atoms with E-state index in [9.17, 15) is 0 Å². The number of pyridine rings is 1. The molecule has 1 aliphatic carbocycles. The van der Waals surface area contributed by atoms with Crippen molar-refractivity contribution >= 4 is 34.3 Å². The minimum atomic E-state index is -2.40. The fourth-order valence-corrected chi connectivity index (χ4v) is 12.4. The number of aromatic nitrogens is 1. The van der Waals surface area contributed by atoms with E-state index in [2.05, 4.69) is 242 Å². The number of ether oxygens (including phenoxy) is 1. The summed E-state index contributed by atoms with van der Waals surface area (Å²) in [4.78, 5) is 9.87. The van der Waals surface area contributed by atoms with Crippen molar-refractivity contribution in [3.05, 3.63) is 246 Å². The van der Waals surface area contributed by atoms with Crippen molar-refractivity contribution in [2.24, 2.45) is 0 Å². The van der Waals surface area contributed by atoms with Gasteiger partial charge < -0.3 is 19.9 Å². The third-order valence-corrected chi connectivity index (χ3v) is 17.1. The lowest BCUT2D eigenvalue weighted by Gasteiger charge is -2.43. The maximum Gasteiger partial charge on any atom is 0.130 e. The van der Waals surface area contributed by atoms with Gasteiger partial charge in [-0.3, -0.25) is 0 Å². The van der Waals surface area contributed by atoms with Crippen molar-refractivity contribution < 1.29 is 8.85 Å². The number of nitrogens with zero attached hydrogens (tertiary/aromatic N) is 3. The number of hydrogen-bond donors (Lipinski definition) is 1. The van der Waals surface area contributed by atoms with E-state index in [1.54, 1.807) is 12.3 Å². The quantitative estimate of drug-likeness (QED) is 0.140. The van der Waals surface area contributed by atoms with Gasteiger partial charge in [0.1, 0.15) is 24.0 Å². The van der Waals surface area contributed by atoms with E-state index in [0.29, 0.717) is 23.8 Å². The van der Waals surface area contributed by atoms with Gasteiger partial charge in [0.25, 0.3) is 0 Å². The molecule has 5 nitrogen and oxygen atoms in total. The van der Waals surface area contributed by atoms with Gasteiger partial charge in [-0.05, 0) is 151 Å². The van der Waals surface area contributed by atoms with Crippen LogP contribution in [0.1, 0.15) is 114 Å². The highest BCUT2D eigenvalue weighted by Crippen LogP contribution is 2.53. The minimum Gasteiger partial charge on any atom is -0.457 e. The molecule has 410 valence electrons. The van der Waals surface area contributed by atoms with E-state index in [1.807, 2.05) is 48.5 Å². The largest absolute Gasteiger partial charge is 0.457 e. The first-order valence-corrected chi connectivity index (χ1v) is 29.0. The number of fused-ring (bicyclic) bond motifs is 2. The second-order valence-corrected chi connectivity index (χ2v) is 25.8. The molecule has 5 heteroatoms. The minimum absolute atomic E-state index is 0.0306. The standard InChI is InChI=1S/C77H76N4O/c1-51-44-70(78-49-65(51)64-33-22-34-66-72(64)77(10,11)43-42-76(66,8)9)79-67-35-23-30-61(52-24-14-12-15-25-52)71(67)54-38-40-59(41-39-54)82-60-29-20-28-58(48-60)80-50-81(69-37-19-18-36-68(69)80)73-62(53-26-16-13-17-27-53)31-21-32-63(73)55-45-56(74(2,3)4)47-57(46-55)75(5,6)7/h12-41,44-49H,42-43,50H2,1-11H3,(H,78,79)/i1D3. The Morgan fingerprint density at radius 1 is 0.488 bits per heavy atom. The lowest BCUT2D eigenvalue weighted by atomic mass is 9.61. The Hall–Kier alpha value is -8.67. The summed E-state index contributed by atoms with van der Waals surface area (Å²) in [6.07, 6.45) is 3.83. The number of anilines is 6. The molecule has 1 N–H and O–H groups in total. The van der Waals surface area contributed by atoms with Gasteiger partial charge in [-0.15, -0.1) is 0 Å². The lowest BCUT2D eigenvalue weighted by Crippen LogP contribution is -2.34. The third-order valence-electron chi connectivity index (χ3n) is 17.1. The predicted octanol–water partition coefficient (Wildman–Crippen LogP) is 21.5. The lowest BCUT2D eigenvalue weighted by molar-refractivity contribution is 0.333. The molecule has 0 saturated heterocycles. The summed E-state index contributed by atoms with van der Waals surface area (Å²) in [6, 6.07) is 74.7. The molecular weight excluding hydrogens is 997 g/mol. The molecule has 0 atom stereocenters. The van der Waals surface area contributed by atoms with Crippen LogP contribution in [0.3, 0.4) is 0 Å². The molecule has 0 bridgehead atoms. The highest BCUT2D eigenvalue weighted by atomic mass is 16.5. The molecule has 1 aliphatic heterocycles. The Labute approximate surface area is 491 Å². The molecule has 10 aromatic rings. The van der Waals surface area contributed by atoms with Gasteiger partial charge in [0, 0.05) is 50.0 Å². The van der Waals surface area contributed by atoms with Gasteiger partial charge in [0.15, 0.2) is 0 Å². The molecule has 0 radical (unpaired) electrons. The Morgan fingerprint density at radius 3 is 1.73 bits per heavy atom. The van der Waals surface area contributed by atoms with E-state index in [4.69, 9.17) is 13.8 Å². The smallest absolute Gasteiger partial charge is 0.130 e. The Morgan fingerprint density at radius 2 is 1.06 bits per heavy atom. The number of hydrogen-bond acceptors (Lipinski definition) is 5. The van der Waals surface area contributed by atoms with Crippen LogP contribution in [0.25, 0.3) is 55.6 Å². The molecule has 2 aliphatic rings. The fourth-order valence-electron chi connectivity index (χ4n) is 12.4. The second kappa shape index (κ2) is 21.0. The summed E-state index contributed by atoms with van der Waals surface area (Å²) in [5.74, 6) is 1.87. The zero-order valence-corrected chi connectivity index (χ0v) is 49.2. The first-order chi connectivity index (χ1) is 40.5. The number of aryl methyl sites for hydroxylation is 1. The molecule has 0 amide bonds. The first-order valence-electron chi connectivity index (χ1n) is 30.5. The van der Waals surface area contributed by atoms with Crippen LogP contribution in [0.5, 0.6) is 11.5 Å². The molecule has 9 aromatic carbocycles. The van der Waals surface area contributed by atoms with Crippen LogP contribution in [-0.2, 0) is 21.7 Å². The van der Waals surface area contributed by atoms with Crippen molar-refractivity contribution in [3.63, 3.8) is 0 Å². The van der Waals surface area contributed by atoms with Crippen LogP contribution >= 0.6 is 0 Å². The van der Waals surface area contributed by atoms with Gasteiger partial charge in [0.2, 0.25) is 0 Å². The molecular formula is C77H76N4O. The van der Waals surface area contributed by atoms with E-state index >= 15 is 0 Å². The second-order valence-electron chi connectivity index (χ2n) is 25.8. The highest BCUT2D eigenvalue weighted by molar-refractivity contribution is 5.99. The van der Waals surface area contributed by atoms with Gasteiger partial charge in [-0.25, -0.2) is 4.98 Å². The predicted molar refractivity (Wildman–Crippen MR) is 347 cm³/mol. The molecule has 12 rings (SSSR count). The van der Waals surface area contributed by atoms with Gasteiger partial charge in [0.05, 0.1) is 17.1 Å². The van der Waals surface area contributed by atoms with Crippen molar-refractivity contribution in [1.82, 2.24) is 4.98 Å². The van der Waals surface area contributed by atoms with Crippen molar-refractivity contribution in [2.45, 2.75) is 111 Å². The molecule has 0 saturated carbocycles. The topological polar surface area (TPSA) is 40.6 Å². The molecule has 2 heterocycles. The van der Waals surface area contributed by atoms with Crippen LogP contribution in [-0.4, -0.2) is 11.7 Å². The summed E-state index contributed by atoms with van der Waals surface area (Å²) >= 11 is 0. The number of nitrogens with one attached hydrogen (secondary N) is 1. The van der Waals surface area contributed by atoms with Crippen LogP contribution in [0.4, 0.5) is 34.3 Å². The molecule has 0 fully saturated rings. The molecule has 0 spiro atoms. The molecule has 82 heavy (non-hydrogen) atoms. The van der Waals surface area contributed by atoms with E-state index < -0.39 is 6.85 Å². The van der Waals surface area contributed by atoms with Gasteiger partial charge in [-0.2, -0.15) is 0 Å². The summed E-state index contributed by atoms with van der Waals surface area (Å²) in [7, 11) is 0. The summed E-state index contributed by atoms with van der Waals surface area (Å²) in [5, 5.41) is 3.61. The fraction of sp³-hybridized carbons (Fsp3) is 0.234. The molecule has 1 aromatic heterocycles. The van der Waals surface area contributed by atoms with Crippen molar-refractivity contribution in [1.29, 1.82) is 0 Å². The van der Waals surface area contributed by atoms with Crippen LogP contribution < -0.4 is 19.9 Å². The Balaban J connectivity index is 0.872. The maximum absolute atomic E-state index is 8.87. The Kier molecular flexibility index (Phi) is 12.9.